The van der Waals surface area contributed by atoms with Gasteiger partial charge in [0.05, 0.1) is 0 Å². The summed E-state index contributed by atoms with van der Waals surface area (Å²) >= 11 is 1.10. The number of anilines is 1. The number of nitrogens with zero attached hydrogens (tertiary/aromatic N) is 3. The summed E-state index contributed by atoms with van der Waals surface area (Å²) in [5.41, 5.74) is 0.234. The Bertz CT molecular complexity index is 436. The Kier molecular flexibility index (Phi) is 2.23. The zero-order chi connectivity index (χ0) is 9.97. The van der Waals surface area contributed by atoms with Gasteiger partial charge in [0.2, 0.25) is 5.13 Å². The van der Waals surface area contributed by atoms with Gasteiger partial charge in [0.15, 0.2) is 5.69 Å². The molecule has 6 nitrogen and oxygen atoms in total. The van der Waals surface area contributed by atoms with E-state index in [2.05, 4.69) is 19.8 Å². The molecule has 2 heterocycles. The Hall–Kier alpha value is -1.76. The van der Waals surface area contributed by atoms with Gasteiger partial charge in [-0.05, 0) is 6.92 Å². The predicted octanol–water partition coefficient (Wildman–Crippen LogP) is 1.09. The van der Waals surface area contributed by atoms with E-state index in [4.69, 9.17) is 4.52 Å². The van der Waals surface area contributed by atoms with Crippen molar-refractivity contribution in [1.82, 2.24) is 14.5 Å². The average Bonchev–Trinajstić information content (AvgIpc) is 2.75. The minimum absolute atomic E-state index is 0.234. The van der Waals surface area contributed by atoms with Gasteiger partial charge < -0.3 is 4.52 Å². The molecule has 0 aliphatic carbocycles. The monoisotopic (exact) mass is 210 g/mol. The molecule has 14 heavy (non-hydrogen) atoms. The van der Waals surface area contributed by atoms with E-state index in [9.17, 15) is 4.79 Å². The maximum atomic E-state index is 11.4. The number of amides is 1. The number of hydrogen-bond acceptors (Lipinski definition) is 6. The van der Waals surface area contributed by atoms with Crippen LogP contribution in [0.15, 0.2) is 16.9 Å². The number of rotatable bonds is 2. The number of carbonyl (C=O) groups excluding carboxylic acids is 1. The van der Waals surface area contributed by atoms with E-state index in [1.807, 2.05) is 0 Å². The summed E-state index contributed by atoms with van der Waals surface area (Å²) in [4.78, 5) is 15.2. The highest BCUT2D eigenvalue weighted by molar-refractivity contribution is 7.09. The van der Waals surface area contributed by atoms with Crippen molar-refractivity contribution in [3.05, 3.63) is 23.8 Å². The van der Waals surface area contributed by atoms with E-state index >= 15 is 0 Å². The zero-order valence-corrected chi connectivity index (χ0v) is 8.04. The molecule has 2 aromatic rings. The third kappa shape index (κ3) is 1.77. The third-order valence-corrected chi connectivity index (χ3v) is 2.02. The van der Waals surface area contributed by atoms with Gasteiger partial charge in [-0.15, -0.1) is 0 Å². The van der Waals surface area contributed by atoms with Crippen molar-refractivity contribution < 1.29 is 9.32 Å². The van der Waals surface area contributed by atoms with E-state index < -0.39 is 0 Å². The molecule has 0 spiro atoms. The Labute approximate surface area is 83.1 Å². The van der Waals surface area contributed by atoms with Gasteiger partial charge in [-0.25, -0.2) is 4.98 Å². The second kappa shape index (κ2) is 3.54. The molecule has 0 atom stereocenters. The number of aromatic nitrogens is 3. The van der Waals surface area contributed by atoms with Gasteiger partial charge >= 0.3 is 0 Å². The molecule has 1 N–H and O–H groups in total. The summed E-state index contributed by atoms with van der Waals surface area (Å²) in [7, 11) is 0. The molecule has 0 unspecified atom stereocenters. The largest absolute Gasteiger partial charge is 0.361 e. The lowest BCUT2D eigenvalue weighted by Gasteiger charge is -1.94. The summed E-state index contributed by atoms with van der Waals surface area (Å²) in [6, 6.07) is 1.55. The van der Waals surface area contributed by atoms with Crippen LogP contribution in [0.5, 0.6) is 0 Å². The molecule has 0 aliphatic rings. The number of nitrogens with one attached hydrogen (secondary N) is 1. The Morgan fingerprint density at radius 2 is 2.50 bits per heavy atom. The van der Waals surface area contributed by atoms with Crippen LogP contribution in [0.1, 0.15) is 16.2 Å². The topological polar surface area (TPSA) is 80.9 Å². The van der Waals surface area contributed by atoms with Gasteiger partial charge in [-0.2, -0.15) is 4.37 Å². The molecule has 0 bridgehead atoms. The molecule has 1 amide bonds. The minimum Gasteiger partial charge on any atom is -0.361 e. The molecule has 0 aliphatic heterocycles. The van der Waals surface area contributed by atoms with Crippen LogP contribution >= 0.6 is 11.5 Å². The van der Waals surface area contributed by atoms with Crippen molar-refractivity contribution >= 4 is 22.6 Å². The van der Waals surface area contributed by atoms with Crippen molar-refractivity contribution in [2.75, 3.05) is 5.32 Å². The summed E-state index contributed by atoms with van der Waals surface area (Å²) < 4.78 is 8.51. The molecule has 7 heteroatoms. The second-order valence-corrected chi connectivity index (χ2v) is 3.30. The van der Waals surface area contributed by atoms with Crippen LogP contribution < -0.4 is 5.32 Å². The first-order chi connectivity index (χ1) is 6.75. The van der Waals surface area contributed by atoms with E-state index in [1.54, 1.807) is 13.0 Å². The van der Waals surface area contributed by atoms with Crippen LogP contribution in [-0.2, 0) is 0 Å². The lowest BCUT2D eigenvalue weighted by molar-refractivity contribution is 0.101. The molecule has 0 aromatic carbocycles. The predicted molar refractivity (Wildman–Crippen MR) is 49.1 cm³/mol. The first-order valence-electron chi connectivity index (χ1n) is 3.77. The highest BCUT2D eigenvalue weighted by Gasteiger charge is 2.11. The van der Waals surface area contributed by atoms with Crippen molar-refractivity contribution in [3.63, 3.8) is 0 Å². The molecule has 0 fully saturated rings. The second-order valence-electron chi connectivity index (χ2n) is 2.52. The van der Waals surface area contributed by atoms with E-state index in [1.165, 1.54) is 6.33 Å². The molecule has 2 aromatic heterocycles. The van der Waals surface area contributed by atoms with Crippen LogP contribution in [0.3, 0.4) is 0 Å². The molecule has 0 saturated heterocycles. The molecule has 72 valence electrons. The highest BCUT2D eigenvalue weighted by atomic mass is 32.1. The fourth-order valence-electron chi connectivity index (χ4n) is 0.863. The standard InChI is InChI=1S/C7H6N4O2S/c1-4-2-5(11-13-4)6(12)10-7-8-3-9-14-7/h2-3H,1H3,(H,8,9,10,12). The third-order valence-electron chi connectivity index (χ3n) is 1.44. The SMILES string of the molecule is Cc1cc(C(=O)Nc2ncns2)no1. The summed E-state index contributed by atoms with van der Waals surface area (Å²) in [6.45, 7) is 1.72. The van der Waals surface area contributed by atoms with E-state index in [-0.39, 0.29) is 11.6 Å². The maximum absolute atomic E-state index is 11.4. The minimum atomic E-state index is -0.349. The first-order valence-corrected chi connectivity index (χ1v) is 4.54. The molecule has 2 rings (SSSR count). The lowest BCUT2D eigenvalue weighted by atomic mass is 10.4. The zero-order valence-electron chi connectivity index (χ0n) is 7.22. The van der Waals surface area contributed by atoms with Gasteiger partial charge in [0.1, 0.15) is 12.1 Å². The van der Waals surface area contributed by atoms with Gasteiger partial charge in [0, 0.05) is 17.6 Å². The Balaban J connectivity index is 2.10. The molecule has 0 saturated carbocycles. The molecular weight excluding hydrogens is 204 g/mol. The van der Waals surface area contributed by atoms with Gasteiger partial charge in [-0.3, -0.25) is 10.1 Å². The van der Waals surface area contributed by atoms with Gasteiger partial charge in [-0.1, -0.05) is 5.16 Å². The van der Waals surface area contributed by atoms with Crippen LogP contribution in [0.4, 0.5) is 5.13 Å². The van der Waals surface area contributed by atoms with Crippen molar-refractivity contribution in [2.45, 2.75) is 6.92 Å². The fraction of sp³-hybridized carbons (Fsp3) is 0.143. The number of aryl methyl sites for hydroxylation is 1. The first kappa shape index (κ1) is 8.82. The van der Waals surface area contributed by atoms with E-state index in [0.29, 0.717) is 10.9 Å². The van der Waals surface area contributed by atoms with Crippen LogP contribution in [0.25, 0.3) is 0 Å². The number of hydrogen-bond donors (Lipinski definition) is 1. The van der Waals surface area contributed by atoms with E-state index in [0.717, 1.165) is 11.5 Å². The van der Waals surface area contributed by atoms with Crippen molar-refractivity contribution in [2.24, 2.45) is 0 Å². The quantitative estimate of drug-likeness (QED) is 0.802. The summed E-state index contributed by atoms with van der Waals surface area (Å²) in [6.07, 6.45) is 1.37. The van der Waals surface area contributed by atoms with Crippen molar-refractivity contribution in [1.29, 1.82) is 0 Å². The molecule has 0 radical (unpaired) electrons. The molecular formula is C7H6N4O2S. The normalized spacial score (nSPS) is 10.1. The van der Waals surface area contributed by atoms with Crippen LogP contribution in [0, 0.1) is 6.92 Å². The average molecular weight is 210 g/mol. The van der Waals surface area contributed by atoms with Gasteiger partial charge in [0.25, 0.3) is 5.91 Å². The fourth-order valence-corrected chi connectivity index (χ4v) is 1.29. The highest BCUT2D eigenvalue weighted by Crippen LogP contribution is 2.09. The lowest BCUT2D eigenvalue weighted by Crippen LogP contribution is -2.11. The summed E-state index contributed by atoms with van der Waals surface area (Å²) in [5, 5.41) is 6.54. The van der Waals surface area contributed by atoms with Crippen LogP contribution in [0.2, 0.25) is 0 Å². The maximum Gasteiger partial charge on any atom is 0.279 e. The van der Waals surface area contributed by atoms with Crippen LogP contribution in [-0.4, -0.2) is 20.4 Å². The Morgan fingerprint density at radius 1 is 1.64 bits per heavy atom. The Morgan fingerprint density at radius 3 is 3.07 bits per heavy atom. The smallest absolute Gasteiger partial charge is 0.279 e. The number of carbonyl (C=O) groups is 1. The van der Waals surface area contributed by atoms with Crippen molar-refractivity contribution in [3.8, 4) is 0 Å². The summed E-state index contributed by atoms with van der Waals surface area (Å²) in [5.74, 6) is 0.242.